The zero-order chi connectivity index (χ0) is 13.2. The highest BCUT2D eigenvalue weighted by Gasteiger charge is 2.37. The lowest BCUT2D eigenvalue weighted by atomic mass is 10.1. The average molecular weight is 254 g/mol. The standard InChI is InChI=1S/C17H22Si/c1-5-9-15-13-14-10-7-8-11-16(14)17(15)18(3,4)12-6-2/h5-8,10-11,13,17H,1-2,9,12H2,3-4H3. The van der Waals surface area contributed by atoms with Crippen molar-refractivity contribution >= 4 is 14.1 Å². The minimum Gasteiger partial charge on any atom is -0.103 e. The lowest BCUT2D eigenvalue weighted by molar-refractivity contribution is 1.01. The van der Waals surface area contributed by atoms with E-state index in [1.807, 2.05) is 6.08 Å². The fourth-order valence-corrected chi connectivity index (χ4v) is 6.43. The van der Waals surface area contributed by atoms with Gasteiger partial charge < -0.3 is 0 Å². The molecule has 1 aliphatic rings. The monoisotopic (exact) mass is 254 g/mol. The van der Waals surface area contributed by atoms with Gasteiger partial charge in [0.15, 0.2) is 0 Å². The van der Waals surface area contributed by atoms with E-state index in [-0.39, 0.29) is 0 Å². The van der Waals surface area contributed by atoms with Crippen LogP contribution in [0.2, 0.25) is 19.1 Å². The molecule has 0 aliphatic heterocycles. The van der Waals surface area contributed by atoms with Crippen LogP contribution in [0.4, 0.5) is 0 Å². The minimum absolute atomic E-state index is 0.629. The summed E-state index contributed by atoms with van der Waals surface area (Å²) >= 11 is 0. The van der Waals surface area contributed by atoms with Gasteiger partial charge in [-0.25, -0.2) is 0 Å². The Labute approximate surface area is 112 Å². The van der Waals surface area contributed by atoms with Crippen molar-refractivity contribution in [2.45, 2.75) is 31.1 Å². The summed E-state index contributed by atoms with van der Waals surface area (Å²) in [6.07, 6.45) is 7.51. The van der Waals surface area contributed by atoms with Gasteiger partial charge in [0.1, 0.15) is 0 Å². The zero-order valence-corrected chi connectivity index (χ0v) is 12.4. The summed E-state index contributed by atoms with van der Waals surface area (Å²) < 4.78 is 0. The molecule has 0 radical (unpaired) electrons. The molecular weight excluding hydrogens is 232 g/mol. The van der Waals surface area contributed by atoms with E-state index in [2.05, 4.69) is 62.7 Å². The minimum atomic E-state index is -1.36. The average Bonchev–Trinajstić information content (AvgIpc) is 2.67. The second-order valence-corrected chi connectivity index (χ2v) is 10.7. The first-order valence-electron chi connectivity index (χ1n) is 6.61. The van der Waals surface area contributed by atoms with Crippen LogP contribution in [0, 0.1) is 0 Å². The molecule has 0 fully saturated rings. The van der Waals surface area contributed by atoms with Gasteiger partial charge in [0.05, 0.1) is 8.07 Å². The molecule has 1 heteroatoms. The number of hydrogen-bond acceptors (Lipinski definition) is 0. The molecule has 1 aromatic rings. The summed E-state index contributed by atoms with van der Waals surface area (Å²) in [5, 5.41) is 0. The van der Waals surface area contributed by atoms with Gasteiger partial charge in [-0.15, -0.1) is 13.2 Å². The Balaban J connectivity index is 2.45. The molecule has 18 heavy (non-hydrogen) atoms. The van der Waals surface area contributed by atoms with Gasteiger partial charge in [-0.3, -0.25) is 0 Å². The van der Waals surface area contributed by atoms with Crippen molar-refractivity contribution in [2.75, 3.05) is 0 Å². The predicted octanol–water partition coefficient (Wildman–Crippen LogP) is 5.18. The third-order valence-electron chi connectivity index (χ3n) is 3.85. The first-order valence-corrected chi connectivity index (χ1v) is 9.90. The maximum Gasteiger partial charge on any atom is 0.0637 e. The molecule has 0 bridgehead atoms. The summed E-state index contributed by atoms with van der Waals surface area (Å²) in [5.74, 6) is 0. The molecule has 0 N–H and O–H groups in total. The Hall–Kier alpha value is -1.34. The third kappa shape index (κ3) is 2.28. The Kier molecular flexibility index (Phi) is 3.72. The van der Waals surface area contributed by atoms with Crippen LogP contribution in [0.1, 0.15) is 23.1 Å². The van der Waals surface area contributed by atoms with Gasteiger partial charge >= 0.3 is 0 Å². The smallest absolute Gasteiger partial charge is 0.0637 e. The molecule has 0 heterocycles. The number of hydrogen-bond donors (Lipinski definition) is 0. The maximum absolute atomic E-state index is 3.94. The zero-order valence-electron chi connectivity index (χ0n) is 11.4. The van der Waals surface area contributed by atoms with Gasteiger partial charge in [-0.2, -0.15) is 0 Å². The van der Waals surface area contributed by atoms with Gasteiger partial charge in [-0.05, 0) is 23.6 Å². The summed E-state index contributed by atoms with van der Waals surface area (Å²) in [5.41, 5.74) is 5.10. The Morgan fingerprint density at radius 2 is 1.89 bits per heavy atom. The second kappa shape index (κ2) is 5.11. The normalized spacial score (nSPS) is 18.1. The molecule has 0 amide bonds. The van der Waals surface area contributed by atoms with Crippen LogP contribution in [0.25, 0.3) is 6.08 Å². The fraction of sp³-hybridized carbons (Fsp3) is 0.294. The molecule has 2 rings (SSSR count). The van der Waals surface area contributed by atoms with Crippen LogP contribution in [0.3, 0.4) is 0 Å². The number of benzene rings is 1. The summed E-state index contributed by atoms with van der Waals surface area (Å²) in [4.78, 5) is 0. The van der Waals surface area contributed by atoms with E-state index in [0.29, 0.717) is 5.54 Å². The number of rotatable bonds is 5. The van der Waals surface area contributed by atoms with Gasteiger partial charge in [-0.1, -0.05) is 61.2 Å². The third-order valence-corrected chi connectivity index (χ3v) is 7.44. The molecule has 0 spiro atoms. The summed E-state index contributed by atoms with van der Waals surface area (Å²) in [7, 11) is -1.36. The fourth-order valence-electron chi connectivity index (χ4n) is 3.14. The molecule has 0 aromatic heterocycles. The molecule has 94 valence electrons. The quantitative estimate of drug-likeness (QED) is 0.502. The van der Waals surface area contributed by atoms with Crippen molar-refractivity contribution in [3.05, 3.63) is 66.3 Å². The Morgan fingerprint density at radius 3 is 2.56 bits per heavy atom. The summed E-state index contributed by atoms with van der Waals surface area (Å²) in [6.45, 7) is 12.8. The molecule has 1 aliphatic carbocycles. The Bertz CT molecular complexity index is 494. The van der Waals surface area contributed by atoms with E-state index in [0.717, 1.165) is 6.42 Å². The van der Waals surface area contributed by atoms with Gasteiger partial charge in [0.25, 0.3) is 0 Å². The van der Waals surface area contributed by atoms with Gasteiger partial charge in [0, 0.05) is 5.54 Å². The van der Waals surface area contributed by atoms with E-state index < -0.39 is 8.07 Å². The van der Waals surface area contributed by atoms with Crippen molar-refractivity contribution in [1.29, 1.82) is 0 Å². The van der Waals surface area contributed by atoms with Crippen LogP contribution in [0.15, 0.2) is 55.1 Å². The van der Waals surface area contributed by atoms with Crippen molar-refractivity contribution < 1.29 is 0 Å². The van der Waals surface area contributed by atoms with E-state index in [1.54, 1.807) is 5.57 Å². The first-order chi connectivity index (χ1) is 8.60. The van der Waals surface area contributed by atoms with Crippen molar-refractivity contribution in [3.63, 3.8) is 0 Å². The van der Waals surface area contributed by atoms with Crippen LogP contribution < -0.4 is 0 Å². The highest BCUT2D eigenvalue weighted by molar-refractivity contribution is 6.80. The first kappa shape index (κ1) is 13.1. The number of fused-ring (bicyclic) bond motifs is 1. The second-order valence-electron chi connectivity index (χ2n) is 5.76. The molecular formula is C17H22Si. The largest absolute Gasteiger partial charge is 0.103 e. The Morgan fingerprint density at radius 1 is 1.17 bits per heavy atom. The molecule has 1 atom stereocenters. The van der Waals surface area contributed by atoms with Crippen molar-refractivity contribution in [3.8, 4) is 0 Å². The maximum atomic E-state index is 3.94. The van der Waals surface area contributed by atoms with E-state index in [4.69, 9.17) is 0 Å². The van der Waals surface area contributed by atoms with Gasteiger partial charge in [0.2, 0.25) is 0 Å². The summed E-state index contributed by atoms with van der Waals surface area (Å²) in [6, 6.07) is 9.99. The van der Waals surface area contributed by atoms with Crippen molar-refractivity contribution in [1.82, 2.24) is 0 Å². The van der Waals surface area contributed by atoms with Crippen molar-refractivity contribution in [2.24, 2.45) is 0 Å². The lowest BCUT2D eigenvalue weighted by Crippen LogP contribution is -2.34. The predicted molar refractivity (Wildman–Crippen MR) is 84.5 cm³/mol. The highest BCUT2D eigenvalue weighted by Crippen LogP contribution is 2.45. The molecule has 0 saturated carbocycles. The molecule has 0 saturated heterocycles. The number of allylic oxidation sites excluding steroid dienone is 3. The van der Waals surface area contributed by atoms with E-state index in [1.165, 1.54) is 17.2 Å². The lowest BCUT2D eigenvalue weighted by Gasteiger charge is -2.32. The highest BCUT2D eigenvalue weighted by atomic mass is 28.3. The molecule has 1 unspecified atom stereocenters. The van der Waals surface area contributed by atoms with Crippen LogP contribution >= 0.6 is 0 Å². The SMILES string of the molecule is C=CCC1=Cc2ccccc2C1[Si](C)(C)CC=C. The molecule has 1 aromatic carbocycles. The van der Waals surface area contributed by atoms with E-state index >= 15 is 0 Å². The van der Waals surface area contributed by atoms with Crippen LogP contribution in [-0.4, -0.2) is 8.07 Å². The topological polar surface area (TPSA) is 0 Å². The molecule has 0 nitrogen and oxygen atoms in total. The van der Waals surface area contributed by atoms with Crippen LogP contribution in [-0.2, 0) is 0 Å². The van der Waals surface area contributed by atoms with Crippen LogP contribution in [0.5, 0.6) is 0 Å². The van der Waals surface area contributed by atoms with E-state index in [9.17, 15) is 0 Å².